The second-order valence-electron chi connectivity index (χ2n) is 5.48. The van der Waals surface area contributed by atoms with E-state index in [0.717, 1.165) is 22.4 Å². The number of nitrogens with zero attached hydrogens (tertiary/aromatic N) is 3. The van der Waals surface area contributed by atoms with E-state index >= 15 is 0 Å². The highest BCUT2D eigenvalue weighted by atomic mass is 15.2. The van der Waals surface area contributed by atoms with Crippen LogP contribution in [0.5, 0.6) is 0 Å². The molecule has 0 amide bonds. The van der Waals surface area contributed by atoms with Crippen LogP contribution in [-0.2, 0) is 6.54 Å². The van der Waals surface area contributed by atoms with E-state index < -0.39 is 0 Å². The van der Waals surface area contributed by atoms with Gasteiger partial charge in [-0.3, -0.25) is 0 Å². The Morgan fingerprint density at radius 3 is 2.45 bits per heavy atom. The highest BCUT2D eigenvalue weighted by molar-refractivity contribution is 5.90. The molecule has 1 aliphatic heterocycles. The van der Waals surface area contributed by atoms with E-state index in [9.17, 15) is 10.5 Å². The van der Waals surface area contributed by atoms with Gasteiger partial charge in [0.25, 0.3) is 0 Å². The minimum absolute atomic E-state index is 0.157. The van der Waals surface area contributed by atoms with E-state index in [0.29, 0.717) is 12.2 Å². The zero-order valence-electron chi connectivity index (χ0n) is 12.6. The van der Waals surface area contributed by atoms with Gasteiger partial charge in [-0.05, 0) is 31.0 Å². The smallest absolute Gasteiger partial charge is 0.153 e. The second-order valence-corrected chi connectivity index (χ2v) is 5.48. The van der Waals surface area contributed by atoms with Gasteiger partial charge in [0, 0.05) is 17.8 Å². The van der Waals surface area contributed by atoms with Gasteiger partial charge in [0.15, 0.2) is 5.57 Å². The molecule has 0 saturated heterocycles. The molecule has 0 radical (unpaired) electrons. The fourth-order valence-electron chi connectivity index (χ4n) is 3.00. The van der Waals surface area contributed by atoms with E-state index in [1.165, 1.54) is 5.56 Å². The van der Waals surface area contributed by atoms with Crippen molar-refractivity contribution in [3.63, 3.8) is 0 Å². The summed E-state index contributed by atoms with van der Waals surface area (Å²) >= 11 is 0. The molecule has 0 N–H and O–H groups in total. The largest absolute Gasteiger partial charge is 0.335 e. The van der Waals surface area contributed by atoms with Gasteiger partial charge in [-0.2, -0.15) is 10.5 Å². The maximum absolute atomic E-state index is 9.33. The van der Waals surface area contributed by atoms with Crippen molar-refractivity contribution in [2.45, 2.75) is 20.4 Å². The minimum Gasteiger partial charge on any atom is -0.335 e. The van der Waals surface area contributed by atoms with Crippen molar-refractivity contribution in [1.82, 2.24) is 0 Å². The monoisotopic (exact) mass is 285 g/mol. The molecule has 0 spiro atoms. The lowest BCUT2D eigenvalue weighted by Crippen LogP contribution is -2.16. The van der Waals surface area contributed by atoms with Crippen molar-refractivity contribution >= 4 is 11.4 Å². The van der Waals surface area contributed by atoms with Crippen LogP contribution in [0.3, 0.4) is 0 Å². The molecule has 0 fully saturated rings. The molecule has 3 nitrogen and oxygen atoms in total. The first-order valence-electron chi connectivity index (χ1n) is 7.13. The first-order chi connectivity index (χ1) is 10.7. The Morgan fingerprint density at radius 2 is 1.77 bits per heavy atom. The van der Waals surface area contributed by atoms with E-state index in [1.54, 1.807) is 0 Å². The average molecular weight is 285 g/mol. The molecule has 0 saturated carbocycles. The highest BCUT2D eigenvalue weighted by Gasteiger charge is 2.28. The summed E-state index contributed by atoms with van der Waals surface area (Å²) in [4.78, 5) is 2.07. The predicted octanol–water partition coefficient (Wildman–Crippen LogP) is 4.08. The Hall–Kier alpha value is -3.04. The number of hydrogen-bond donors (Lipinski definition) is 0. The van der Waals surface area contributed by atoms with Crippen LogP contribution in [0.1, 0.15) is 22.3 Å². The summed E-state index contributed by atoms with van der Waals surface area (Å²) in [5, 5.41) is 18.7. The molecule has 0 bridgehead atoms. The molecule has 1 aliphatic rings. The summed E-state index contributed by atoms with van der Waals surface area (Å²) in [5.41, 5.74) is 6.36. The molecule has 0 aliphatic carbocycles. The zero-order chi connectivity index (χ0) is 15.7. The maximum atomic E-state index is 9.33. The summed E-state index contributed by atoms with van der Waals surface area (Å²) in [6, 6.07) is 18.3. The lowest BCUT2D eigenvalue weighted by Gasteiger charge is -2.23. The third-order valence-electron chi connectivity index (χ3n) is 3.97. The van der Waals surface area contributed by atoms with Gasteiger partial charge in [-0.25, -0.2) is 0 Å². The Balaban J connectivity index is 2.24. The number of nitriles is 2. The number of allylic oxidation sites excluding steroid dienone is 1. The molecule has 3 heteroatoms. The molecule has 1 heterocycles. The van der Waals surface area contributed by atoms with Gasteiger partial charge in [0.1, 0.15) is 12.1 Å². The number of hydrogen-bond acceptors (Lipinski definition) is 3. The molecule has 2 aromatic carbocycles. The van der Waals surface area contributed by atoms with E-state index in [4.69, 9.17) is 0 Å². The minimum atomic E-state index is 0.157. The van der Waals surface area contributed by atoms with Gasteiger partial charge in [0.2, 0.25) is 0 Å². The molecular formula is C19H15N3. The first kappa shape index (κ1) is 13.9. The van der Waals surface area contributed by atoms with Crippen molar-refractivity contribution in [2.24, 2.45) is 0 Å². The van der Waals surface area contributed by atoms with Crippen LogP contribution >= 0.6 is 0 Å². The SMILES string of the molecule is Cc1ccc(N2Cc3ccccc3C2=C(C#N)C#N)c(C)c1. The quantitative estimate of drug-likeness (QED) is 0.742. The van der Waals surface area contributed by atoms with Crippen LogP contribution < -0.4 is 4.90 Å². The number of anilines is 1. The summed E-state index contributed by atoms with van der Waals surface area (Å²) in [5.74, 6) is 0. The van der Waals surface area contributed by atoms with E-state index in [1.807, 2.05) is 36.4 Å². The van der Waals surface area contributed by atoms with Crippen LogP contribution in [0.25, 0.3) is 5.70 Å². The summed E-state index contributed by atoms with van der Waals surface area (Å²) < 4.78 is 0. The molecule has 3 rings (SSSR count). The average Bonchev–Trinajstić information content (AvgIpc) is 2.88. The number of benzene rings is 2. The molecule has 0 atom stereocenters. The second kappa shape index (κ2) is 5.39. The van der Waals surface area contributed by atoms with Crippen molar-refractivity contribution in [1.29, 1.82) is 10.5 Å². The molecule has 106 valence electrons. The Labute approximate surface area is 130 Å². The molecule has 22 heavy (non-hydrogen) atoms. The summed E-state index contributed by atoms with van der Waals surface area (Å²) in [6.45, 7) is 4.80. The van der Waals surface area contributed by atoms with Crippen LogP contribution in [0.4, 0.5) is 5.69 Å². The normalized spacial score (nSPS) is 12.5. The molecule has 0 aromatic heterocycles. The van der Waals surface area contributed by atoms with Gasteiger partial charge >= 0.3 is 0 Å². The Morgan fingerprint density at radius 1 is 1.05 bits per heavy atom. The standard InChI is InChI=1S/C19H15N3/c1-13-7-8-18(14(2)9-13)22-12-15-5-3-4-6-17(15)19(22)16(10-20)11-21/h3-9H,12H2,1-2H3. The zero-order valence-corrected chi connectivity index (χ0v) is 12.6. The van der Waals surface area contributed by atoms with Gasteiger partial charge < -0.3 is 4.90 Å². The lowest BCUT2D eigenvalue weighted by molar-refractivity contribution is 1.03. The maximum Gasteiger partial charge on any atom is 0.153 e. The first-order valence-corrected chi connectivity index (χ1v) is 7.13. The van der Waals surface area contributed by atoms with Gasteiger partial charge in [-0.1, -0.05) is 42.0 Å². The van der Waals surface area contributed by atoms with Gasteiger partial charge in [-0.15, -0.1) is 0 Å². The van der Waals surface area contributed by atoms with Crippen molar-refractivity contribution < 1.29 is 0 Å². The van der Waals surface area contributed by atoms with Crippen molar-refractivity contribution in [3.8, 4) is 12.1 Å². The van der Waals surface area contributed by atoms with Crippen LogP contribution in [0.2, 0.25) is 0 Å². The van der Waals surface area contributed by atoms with Gasteiger partial charge in [0.05, 0.1) is 5.70 Å². The predicted molar refractivity (Wildman–Crippen MR) is 86.7 cm³/mol. The summed E-state index contributed by atoms with van der Waals surface area (Å²) in [6.07, 6.45) is 0. The number of aryl methyl sites for hydroxylation is 2. The number of rotatable bonds is 1. The fraction of sp³-hybridized carbons (Fsp3) is 0.158. The molecule has 0 unspecified atom stereocenters. The third-order valence-corrected chi connectivity index (χ3v) is 3.97. The third kappa shape index (κ3) is 2.14. The Kier molecular flexibility index (Phi) is 3.41. The van der Waals surface area contributed by atoms with E-state index in [2.05, 4.69) is 36.9 Å². The number of fused-ring (bicyclic) bond motifs is 1. The topological polar surface area (TPSA) is 50.8 Å². The molecule has 2 aromatic rings. The fourth-order valence-corrected chi connectivity index (χ4v) is 3.00. The highest BCUT2D eigenvalue weighted by Crippen LogP contribution is 2.39. The van der Waals surface area contributed by atoms with Crippen molar-refractivity contribution in [2.75, 3.05) is 4.90 Å². The molecular weight excluding hydrogens is 270 g/mol. The summed E-state index contributed by atoms with van der Waals surface area (Å²) in [7, 11) is 0. The Bertz CT molecular complexity index is 847. The van der Waals surface area contributed by atoms with Crippen LogP contribution in [-0.4, -0.2) is 0 Å². The van der Waals surface area contributed by atoms with Crippen molar-refractivity contribution in [3.05, 3.63) is 70.3 Å². The van der Waals surface area contributed by atoms with Crippen LogP contribution in [0, 0.1) is 36.5 Å². The van der Waals surface area contributed by atoms with Crippen LogP contribution in [0.15, 0.2) is 48.0 Å². The van der Waals surface area contributed by atoms with E-state index in [-0.39, 0.29) is 5.57 Å². The lowest BCUT2D eigenvalue weighted by atomic mass is 10.1.